The Morgan fingerprint density at radius 1 is 1.44 bits per heavy atom. The van der Waals surface area contributed by atoms with E-state index >= 15 is 0 Å². The fourth-order valence-corrected chi connectivity index (χ4v) is 1.80. The second-order valence-electron chi connectivity index (χ2n) is 3.43. The van der Waals surface area contributed by atoms with E-state index in [-0.39, 0.29) is 5.75 Å². The van der Waals surface area contributed by atoms with E-state index in [1.807, 2.05) is 0 Å². The van der Waals surface area contributed by atoms with E-state index in [0.29, 0.717) is 24.7 Å². The Hall–Kier alpha value is -1.37. The van der Waals surface area contributed by atoms with Gasteiger partial charge in [-0.1, -0.05) is 0 Å². The van der Waals surface area contributed by atoms with Crippen LogP contribution in [0.3, 0.4) is 0 Å². The molecule has 0 fully saturated rings. The minimum Gasteiger partial charge on any atom is -0.370 e. The van der Waals surface area contributed by atoms with Crippen LogP contribution >= 0.6 is 0 Å². The van der Waals surface area contributed by atoms with E-state index in [2.05, 4.69) is 20.6 Å². The van der Waals surface area contributed by atoms with Gasteiger partial charge in [-0.05, 0) is 12.5 Å². The van der Waals surface area contributed by atoms with Crippen molar-refractivity contribution in [3.63, 3.8) is 0 Å². The standard InChI is InChI=1S/C9H16N4O2S/c1-10-9-12-6-4-8(13-9)11-5-3-7-16(2,14)15/h4,6H,3,5,7H2,1-2H3,(H2,10,11,12,13). The van der Waals surface area contributed by atoms with Crippen LogP contribution in [0.2, 0.25) is 0 Å². The summed E-state index contributed by atoms with van der Waals surface area (Å²) in [6.07, 6.45) is 3.44. The fourth-order valence-electron chi connectivity index (χ4n) is 1.13. The lowest BCUT2D eigenvalue weighted by atomic mass is 10.4. The van der Waals surface area contributed by atoms with Gasteiger partial charge in [-0.25, -0.2) is 13.4 Å². The van der Waals surface area contributed by atoms with Crippen LogP contribution in [-0.4, -0.2) is 44.0 Å². The molecule has 1 aromatic rings. The SMILES string of the molecule is CNc1nccc(NCCCS(C)(=O)=O)n1. The summed E-state index contributed by atoms with van der Waals surface area (Å²) in [5.41, 5.74) is 0. The predicted octanol–water partition coefficient (Wildman–Crippen LogP) is 0.365. The molecule has 0 radical (unpaired) electrons. The van der Waals surface area contributed by atoms with E-state index in [9.17, 15) is 8.42 Å². The lowest BCUT2D eigenvalue weighted by molar-refractivity contribution is 0.600. The van der Waals surface area contributed by atoms with Crippen LogP contribution in [0.15, 0.2) is 12.3 Å². The van der Waals surface area contributed by atoms with Crippen LogP contribution in [0.4, 0.5) is 11.8 Å². The number of anilines is 2. The van der Waals surface area contributed by atoms with Gasteiger partial charge in [0.1, 0.15) is 15.7 Å². The van der Waals surface area contributed by atoms with Gasteiger partial charge in [-0.15, -0.1) is 0 Å². The molecule has 16 heavy (non-hydrogen) atoms. The van der Waals surface area contributed by atoms with Gasteiger partial charge < -0.3 is 10.6 Å². The zero-order valence-electron chi connectivity index (χ0n) is 9.40. The van der Waals surface area contributed by atoms with Gasteiger partial charge in [0, 0.05) is 26.0 Å². The number of nitrogens with zero attached hydrogens (tertiary/aromatic N) is 2. The van der Waals surface area contributed by atoms with Crippen LogP contribution < -0.4 is 10.6 Å². The second-order valence-corrected chi connectivity index (χ2v) is 5.69. The van der Waals surface area contributed by atoms with Crippen LogP contribution in [0.5, 0.6) is 0 Å². The quantitative estimate of drug-likeness (QED) is 0.703. The van der Waals surface area contributed by atoms with Gasteiger partial charge in [0.05, 0.1) is 5.75 Å². The monoisotopic (exact) mass is 244 g/mol. The summed E-state index contributed by atoms with van der Waals surface area (Å²) in [7, 11) is -1.14. The molecule has 1 heterocycles. The van der Waals surface area contributed by atoms with Crippen molar-refractivity contribution in [2.24, 2.45) is 0 Å². The van der Waals surface area contributed by atoms with Gasteiger partial charge in [0.15, 0.2) is 0 Å². The summed E-state index contributed by atoms with van der Waals surface area (Å²) < 4.78 is 21.8. The van der Waals surface area contributed by atoms with Gasteiger partial charge in [0.2, 0.25) is 5.95 Å². The topological polar surface area (TPSA) is 84.0 Å². The molecule has 0 spiro atoms. The van der Waals surface area contributed by atoms with Crippen molar-refractivity contribution < 1.29 is 8.42 Å². The molecule has 0 aliphatic rings. The predicted molar refractivity (Wildman–Crippen MR) is 64.4 cm³/mol. The minimum atomic E-state index is -2.88. The number of hydrogen-bond donors (Lipinski definition) is 2. The molecular weight excluding hydrogens is 228 g/mol. The van der Waals surface area contributed by atoms with Crippen molar-refractivity contribution in [2.75, 3.05) is 36.2 Å². The van der Waals surface area contributed by atoms with Crippen molar-refractivity contribution >= 4 is 21.6 Å². The highest BCUT2D eigenvalue weighted by atomic mass is 32.2. The maximum absolute atomic E-state index is 10.9. The third-order valence-electron chi connectivity index (χ3n) is 1.88. The molecule has 0 bridgehead atoms. The molecule has 90 valence electrons. The molecule has 0 aliphatic heterocycles. The Morgan fingerprint density at radius 3 is 2.81 bits per heavy atom. The zero-order valence-corrected chi connectivity index (χ0v) is 10.2. The highest BCUT2D eigenvalue weighted by molar-refractivity contribution is 7.90. The summed E-state index contributed by atoms with van der Waals surface area (Å²) in [5, 5.41) is 5.86. The fraction of sp³-hybridized carbons (Fsp3) is 0.556. The average molecular weight is 244 g/mol. The van der Waals surface area contributed by atoms with E-state index in [1.165, 1.54) is 6.26 Å². The van der Waals surface area contributed by atoms with Crippen molar-refractivity contribution in [3.8, 4) is 0 Å². The highest BCUT2D eigenvalue weighted by Crippen LogP contribution is 2.04. The molecular formula is C9H16N4O2S. The molecule has 0 aromatic carbocycles. The Bertz CT molecular complexity index is 433. The normalized spacial score (nSPS) is 11.1. The third-order valence-corrected chi connectivity index (χ3v) is 2.91. The van der Waals surface area contributed by atoms with Crippen molar-refractivity contribution in [1.82, 2.24) is 9.97 Å². The molecule has 2 N–H and O–H groups in total. The molecule has 0 amide bonds. The maximum Gasteiger partial charge on any atom is 0.224 e. The van der Waals surface area contributed by atoms with E-state index < -0.39 is 9.84 Å². The third kappa shape index (κ3) is 4.92. The van der Waals surface area contributed by atoms with E-state index in [0.717, 1.165) is 0 Å². The lowest BCUT2D eigenvalue weighted by Crippen LogP contribution is -2.11. The Kier molecular flexibility index (Phi) is 4.48. The smallest absolute Gasteiger partial charge is 0.224 e. The number of nitrogens with one attached hydrogen (secondary N) is 2. The molecule has 1 rings (SSSR count). The van der Waals surface area contributed by atoms with Crippen LogP contribution in [0.25, 0.3) is 0 Å². The molecule has 7 heteroatoms. The zero-order chi connectivity index (χ0) is 12.0. The summed E-state index contributed by atoms with van der Waals surface area (Å²) in [5.74, 6) is 1.41. The summed E-state index contributed by atoms with van der Waals surface area (Å²) in [6.45, 7) is 0.577. The van der Waals surface area contributed by atoms with Crippen LogP contribution in [-0.2, 0) is 9.84 Å². The number of hydrogen-bond acceptors (Lipinski definition) is 6. The Morgan fingerprint density at radius 2 is 2.19 bits per heavy atom. The van der Waals surface area contributed by atoms with Gasteiger partial charge >= 0.3 is 0 Å². The summed E-state index contributed by atoms with van der Waals surface area (Å²) >= 11 is 0. The Balaban J connectivity index is 2.37. The lowest BCUT2D eigenvalue weighted by Gasteiger charge is -2.05. The number of rotatable bonds is 6. The minimum absolute atomic E-state index is 0.184. The summed E-state index contributed by atoms with van der Waals surface area (Å²) in [6, 6.07) is 1.74. The first-order valence-corrected chi connectivity index (χ1v) is 7.00. The first kappa shape index (κ1) is 12.7. The molecule has 0 aliphatic carbocycles. The maximum atomic E-state index is 10.9. The van der Waals surface area contributed by atoms with Crippen molar-refractivity contribution in [3.05, 3.63) is 12.3 Å². The number of aromatic nitrogens is 2. The molecule has 0 unspecified atom stereocenters. The average Bonchev–Trinajstić information content (AvgIpc) is 2.23. The van der Waals surface area contributed by atoms with E-state index in [4.69, 9.17) is 0 Å². The molecule has 0 saturated heterocycles. The van der Waals surface area contributed by atoms with Crippen molar-refractivity contribution in [2.45, 2.75) is 6.42 Å². The Labute approximate surface area is 95.4 Å². The number of sulfone groups is 1. The van der Waals surface area contributed by atoms with Crippen LogP contribution in [0.1, 0.15) is 6.42 Å². The molecule has 1 aromatic heterocycles. The van der Waals surface area contributed by atoms with Gasteiger partial charge in [0.25, 0.3) is 0 Å². The molecule has 6 nitrogen and oxygen atoms in total. The molecule has 0 atom stereocenters. The molecule has 0 saturated carbocycles. The van der Waals surface area contributed by atoms with Gasteiger partial charge in [-0.2, -0.15) is 4.98 Å². The summed E-state index contributed by atoms with van der Waals surface area (Å²) in [4.78, 5) is 8.11. The van der Waals surface area contributed by atoms with Crippen molar-refractivity contribution in [1.29, 1.82) is 0 Å². The first-order chi connectivity index (χ1) is 7.51. The highest BCUT2D eigenvalue weighted by Gasteiger charge is 2.01. The first-order valence-electron chi connectivity index (χ1n) is 4.93. The second kappa shape index (κ2) is 5.64. The van der Waals surface area contributed by atoms with Crippen LogP contribution in [0, 0.1) is 0 Å². The van der Waals surface area contributed by atoms with Gasteiger partial charge in [-0.3, -0.25) is 0 Å². The largest absolute Gasteiger partial charge is 0.370 e. The van der Waals surface area contributed by atoms with E-state index in [1.54, 1.807) is 19.3 Å².